The SMILES string of the molecule is COc1ccc(CN2C(=O)CCC(n3c(=O)n(C)c4cc(N5CC[C@@H](CC6(C)C=CC(S(=O)(=O)O)=CC6)C5)ccc43)C2=O)cc1. The smallest absolute Gasteiger partial charge is 0.329 e. The maximum atomic E-state index is 13.7. The van der Waals surface area contributed by atoms with E-state index in [1.54, 1.807) is 36.9 Å². The van der Waals surface area contributed by atoms with Crippen molar-refractivity contribution in [2.24, 2.45) is 18.4 Å². The first-order valence-corrected chi connectivity index (χ1v) is 16.6. The molecule has 0 radical (unpaired) electrons. The molecule has 2 saturated heterocycles. The van der Waals surface area contributed by atoms with Crippen LogP contribution in [-0.2, 0) is 33.3 Å². The van der Waals surface area contributed by atoms with Crippen molar-refractivity contribution < 1.29 is 27.3 Å². The van der Waals surface area contributed by atoms with Crippen molar-refractivity contribution in [1.29, 1.82) is 0 Å². The van der Waals surface area contributed by atoms with E-state index in [1.165, 1.54) is 15.5 Å². The average molecular weight is 635 g/mol. The summed E-state index contributed by atoms with van der Waals surface area (Å²) in [5.74, 6) is 0.438. The van der Waals surface area contributed by atoms with Crippen LogP contribution >= 0.6 is 0 Å². The zero-order valence-corrected chi connectivity index (χ0v) is 26.5. The van der Waals surface area contributed by atoms with Gasteiger partial charge in [0.05, 0.1) is 29.6 Å². The number of rotatable bonds is 8. The van der Waals surface area contributed by atoms with E-state index >= 15 is 0 Å². The van der Waals surface area contributed by atoms with Gasteiger partial charge < -0.3 is 9.64 Å². The highest BCUT2D eigenvalue weighted by Gasteiger charge is 2.38. The largest absolute Gasteiger partial charge is 0.497 e. The van der Waals surface area contributed by atoms with Gasteiger partial charge in [-0.25, -0.2) is 4.79 Å². The lowest BCUT2D eigenvalue weighted by Crippen LogP contribution is -2.47. The number of allylic oxidation sites excluding steroid dienone is 3. The number of methoxy groups -OCH3 is 1. The van der Waals surface area contributed by atoms with Gasteiger partial charge >= 0.3 is 5.69 Å². The van der Waals surface area contributed by atoms with Gasteiger partial charge in [-0.3, -0.25) is 28.2 Å². The van der Waals surface area contributed by atoms with E-state index in [1.807, 2.05) is 36.4 Å². The summed E-state index contributed by atoms with van der Waals surface area (Å²) in [5, 5.41) is 0. The van der Waals surface area contributed by atoms with Crippen LogP contribution in [0.25, 0.3) is 11.0 Å². The van der Waals surface area contributed by atoms with Gasteiger partial charge in [0.2, 0.25) is 5.91 Å². The van der Waals surface area contributed by atoms with Gasteiger partial charge in [0, 0.05) is 32.2 Å². The summed E-state index contributed by atoms with van der Waals surface area (Å²) >= 11 is 0. The van der Waals surface area contributed by atoms with Crippen LogP contribution in [0.4, 0.5) is 5.69 Å². The molecule has 1 aliphatic carbocycles. The van der Waals surface area contributed by atoms with Crippen molar-refractivity contribution in [2.45, 2.75) is 51.6 Å². The van der Waals surface area contributed by atoms with Gasteiger partial charge in [0.25, 0.3) is 16.0 Å². The van der Waals surface area contributed by atoms with Crippen molar-refractivity contribution in [1.82, 2.24) is 14.0 Å². The summed E-state index contributed by atoms with van der Waals surface area (Å²) in [6.45, 7) is 3.90. The molecule has 1 N–H and O–H groups in total. The maximum absolute atomic E-state index is 13.7. The first kappa shape index (κ1) is 30.8. The normalized spacial score (nSPS) is 24.0. The van der Waals surface area contributed by atoms with Gasteiger partial charge in [0.1, 0.15) is 11.8 Å². The third-order valence-corrected chi connectivity index (χ3v) is 10.4. The molecule has 3 aliphatic rings. The van der Waals surface area contributed by atoms with E-state index in [9.17, 15) is 27.4 Å². The second-order valence-corrected chi connectivity index (χ2v) is 14.1. The summed E-state index contributed by atoms with van der Waals surface area (Å²) < 4.78 is 40.6. The molecule has 2 aromatic carbocycles. The highest BCUT2D eigenvalue weighted by atomic mass is 32.2. The van der Waals surface area contributed by atoms with Crippen molar-refractivity contribution in [3.05, 3.63) is 81.6 Å². The Hall–Kier alpha value is -4.16. The predicted molar refractivity (Wildman–Crippen MR) is 170 cm³/mol. The molecule has 2 fully saturated rings. The number of aryl methyl sites for hydroxylation is 1. The summed E-state index contributed by atoms with van der Waals surface area (Å²) in [5.41, 5.74) is 2.66. The van der Waals surface area contributed by atoms with E-state index in [0.717, 1.165) is 42.7 Å². The number of aromatic nitrogens is 2. The Balaban J connectivity index is 1.19. The molecule has 11 nitrogen and oxygen atoms in total. The molecule has 3 heterocycles. The van der Waals surface area contributed by atoms with Crippen LogP contribution in [0.5, 0.6) is 5.75 Å². The number of piperidine rings is 1. The van der Waals surface area contributed by atoms with E-state index in [2.05, 4.69) is 11.8 Å². The lowest BCUT2D eigenvalue weighted by molar-refractivity contribution is -0.151. The van der Waals surface area contributed by atoms with E-state index in [4.69, 9.17) is 4.74 Å². The number of fused-ring (bicyclic) bond motifs is 1. The monoisotopic (exact) mass is 634 g/mol. The van der Waals surface area contributed by atoms with E-state index in [0.29, 0.717) is 23.6 Å². The molecule has 0 bridgehead atoms. The minimum Gasteiger partial charge on any atom is -0.497 e. The number of benzene rings is 2. The number of imidazole rings is 1. The van der Waals surface area contributed by atoms with E-state index < -0.39 is 16.2 Å². The van der Waals surface area contributed by atoms with Gasteiger partial charge in [-0.1, -0.05) is 31.2 Å². The molecule has 0 saturated carbocycles. The molecule has 238 valence electrons. The van der Waals surface area contributed by atoms with Crippen molar-refractivity contribution >= 4 is 38.7 Å². The number of carbonyl (C=O) groups excluding carboxylic acids is 2. The van der Waals surface area contributed by atoms with Crippen LogP contribution in [0.2, 0.25) is 0 Å². The average Bonchev–Trinajstić information content (AvgIpc) is 3.57. The molecule has 6 rings (SSSR count). The Morgan fingerprint density at radius 3 is 2.47 bits per heavy atom. The molecule has 2 unspecified atom stereocenters. The molecular formula is C33H38N4O7S. The van der Waals surface area contributed by atoms with Crippen molar-refractivity contribution in [3.8, 4) is 5.75 Å². The Labute approximate surface area is 262 Å². The third-order valence-electron chi connectivity index (χ3n) is 9.49. The minimum atomic E-state index is -4.20. The Kier molecular flexibility index (Phi) is 7.98. The number of ether oxygens (including phenoxy) is 1. The quantitative estimate of drug-likeness (QED) is 0.288. The number of likely N-dealkylation sites (tertiary alicyclic amines) is 1. The predicted octanol–water partition coefficient (Wildman–Crippen LogP) is 4.19. The molecule has 45 heavy (non-hydrogen) atoms. The van der Waals surface area contributed by atoms with E-state index in [-0.39, 0.29) is 47.2 Å². The van der Waals surface area contributed by atoms with Crippen LogP contribution in [0.1, 0.15) is 50.6 Å². The Morgan fingerprint density at radius 1 is 1.04 bits per heavy atom. The fraction of sp³-hybridized carbons (Fsp3) is 0.424. The lowest BCUT2D eigenvalue weighted by Gasteiger charge is -2.31. The number of carbonyl (C=O) groups is 2. The molecule has 2 amide bonds. The molecular weight excluding hydrogens is 596 g/mol. The fourth-order valence-electron chi connectivity index (χ4n) is 6.98. The zero-order valence-electron chi connectivity index (χ0n) is 25.7. The first-order chi connectivity index (χ1) is 21.4. The van der Waals surface area contributed by atoms with Crippen LogP contribution in [0.3, 0.4) is 0 Å². The Morgan fingerprint density at radius 2 is 1.80 bits per heavy atom. The highest BCUT2D eigenvalue weighted by Crippen LogP contribution is 2.40. The molecule has 2 aliphatic heterocycles. The van der Waals surface area contributed by atoms with Crippen LogP contribution in [0.15, 0.2) is 70.4 Å². The molecule has 3 aromatic rings. The second kappa shape index (κ2) is 11.6. The topological polar surface area (TPSA) is 131 Å². The highest BCUT2D eigenvalue weighted by molar-refractivity contribution is 7.90. The molecule has 3 atom stereocenters. The number of hydrogen-bond donors (Lipinski definition) is 1. The number of imide groups is 1. The van der Waals surface area contributed by atoms with Gasteiger partial charge in [0.15, 0.2) is 0 Å². The van der Waals surface area contributed by atoms with Crippen molar-refractivity contribution in [2.75, 3.05) is 25.1 Å². The first-order valence-electron chi connectivity index (χ1n) is 15.2. The van der Waals surface area contributed by atoms with Crippen LogP contribution in [-0.4, -0.2) is 59.0 Å². The summed E-state index contributed by atoms with van der Waals surface area (Å²) in [7, 11) is -0.922. The zero-order chi connectivity index (χ0) is 32.1. The van der Waals surface area contributed by atoms with Gasteiger partial charge in [-0.05, 0) is 79.0 Å². The Bertz CT molecular complexity index is 1890. The number of anilines is 1. The summed E-state index contributed by atoms with van der Waals surface area (Å²) in [6.07, 6.45) is 7.81. The maximum Gasteiger partial charge on any atom is 0.329 e. The molecule has 12 heteroatoms. The van der Waals surface area contributed by atoms with Gasteiger partial charge in [-0.2, -0.15) is 8.42 Å². The van der Waals surface area contributed by atoms with Crippen LogP contribution < -0.4 is 15.3 Å². The van der Waals surface area contributed by atoms with Crippen molar-refractivity contribution in [3.63, 3.8) is 0 Å². The lowest BCUT2D eigenvalue weighted by atomic mass is 9.76. The molecule has 1 aromatic heterocycles. The van der Waals surface area contributed by atoms with Gasteiger partial charge in [-0.15, -0.1) is 0 Å². The third kappa shape index (κ3) is 5.96. The summed E-state index contributed by atoms with van der Waals surface area (Å²) in [4.78, 5) is 43.6. The summed E-state index contributed by atoms with van der Waals surface area (Å²) in [6, 6.07) is 12.3. The number of hydrogen-bond acceptors (Lipinski definition) is 7. The standard InChI is InChI=1S/C33H38N4O7S/c1-33(15-12-26(13-16-33)45(41,42)43)19-23-14-17-35(20-23)24-6-9-27-29(18-24)34(2)32(40)37(27)28-10-11-30(38)36(31(28)39)21-22-4-7-25(44-3)8-5-22/h4-9,12-13,15,18,23,28H,10-11,14,16-17,19-21H2,1-3H3,(H,41,42,43)/t23-,28?,33?/m0/s1. The minimum absolute atomic E-state index is 0.0506. The number of amides is 2. The second-order valence-electron chi connectivity index (χ2n) is 12.7. The molecule has 0 spiro atoms. The van der Waals surface area contributed by atoms with Crippen LogP contribution in [0, 0.1) is 11.3 Å². The fourth-order valence-corrected chi connectivity index (χ4v) is 7.51. The number of nitrogens with zero attached hydrogens (tertiary/aromatic N) is 4.